The molecular weight excluding hydrogens is 274 g/mol. The molecule has 0 aliphatic heterocycles. The van der Waals surface area contributed by atoms with Gasteiger partial charge in [-0.05, 0) is 37.1 Å². The number of carbonyl (C=O) groups excluding carboxylic acids is 1. The minimum Gasteiger partial charge on any atom is -0.481 e. The van der Waals surface area contributed by atoms with Gasteiger partial charge in [-0.25, -0.2) is 4.79 Å². The molecule has 2 rings (SSSR count). The number of benzene rings is 1. The number of fused-ring (bicyclic) bond motifs is 1. The number of ether oxygens (including phenoxy) is 1. The molecule has 0 spiro atoms. The summed E-state index contributed by atoms with van der Waals surface area (Å²) < 4.78 is 4.92. The Balaban J connectivity index is 2.21. The molecular formula is C15H17NO5. The Morgan fingerprint density at radius 2 is 2.10 bits per heavy atom. The Morgan fingerprint density at radius 3 is 2.76 bits per heavy atom. The lowest BCUT2D eigenvalue weighted by Crippen LogP contribution is -2.04. The van der Waals surface area contributed by atoms with Gasteiger partial charge in [0.1, 0.15) is 5.69 Å². The molecule has 1 aromatic heterocycles. The lowest BCUT2D eigenvalue weighted by molar-refractivity contribution is -0.137. The Hall–Kier alpha value is -2.34. The number of aromatic nitrogens is 1. The molecule has 0 aliphatic rings. The predicted molar refractivity (Wildman–Crippen MR) is 76.1 cm³/mol. The van der Waals surface area contributed by atoms with Gasteiger partial charge in [0.15, 0.2) is 0 Å². The molecule has 0 bridgehead atoms. The Labute approximate surface area is 121 Å². The highest BCUT2D eigenvalue weighted by molar-refractivity contribution is 5.95. The minimum atomic E-state index is -0.943. The van der Waals surface area contributed by atoms with Crippen molar-refractivity contribution in [2.45, 2.75) is 25.9 Å². The molecule has 0 fully saturated rings. The standard InChI is InChI=1S/C15H17NO5/c1-2-21-15(20)12-8-10-7-9(3-4-11(10)16-12)13(17)5-6-14(18)19/h3-4,7-8,13,16-17H,2,5-6H2,1H3,(H,18,19). The van der Waals surface area contributed by atoms with Crippen molar-refractivity contribution in [3.05, 3.63) is 35.5 Å². The molecule has 2 aromatic rings. The lowest BCUT2D eigenvalue weighted by atomic mass is 10.0. The fourth-order valence-electron chi connectivity index (χ4n) is 2.10. The van der Waals surface area contributed by atoms with Crippen molar-refractivity contribution >= 4 is 22.8 Å². The van der Waals surface area contributed by atoms with Gasteiger partial charge < -0.3 is 19.9 Å². The largest absolute Gasteiger partial charge is 0.481 e. The second kappa shape index (κ2) is 6.41. The number of carboxylic acid groups (broad SMARTS) is 1. The molecule has 1 heterocycles. The molecule has 112 valence electrons. The number of hydrogen-bond donors (Lipinski definition) is 3. The van der Waals surface area contributed by atoms with Crippen molar-refractivity contribution in [1.82, 2.24) is 4.98 Å². The van der Waals surface area contributed by atoms with Crippen LogP contribution >= 0.6 is 0 Å². The molecule has 0 aliphatic carbocycles. The van der Waals surface area contributed by atoms with Gasteiger partial charge in [-0.3, -0.25) is 4.79 Å². The number of aliphatic carboxylic acids is 1. The molecule has 1 aromatic carbocycles. The number of rotatable bonds is 6. The van der Waals surface area contributed by atoms with Crippen LogP contribution in [0.2, 0.25) is 0 Å². The van der Waals surface area contributed by atoms with Gasteiger partial charge in [-0.2, -0.15) is 0 Å². The van der Waals surface area contributed by atoms with Crippen molar-refractivity contribution in [3.63, 3.8) is 0 Å². The molecule has 0 radical (unpaired) electrons. The van der Waals surface area contributed by atoms with E-state index >= 15 is 0 Å². The maximum Gasteiger partial charge on any atom is 0.354 e. The first-order valence-corrected chi connectivity index (χ1v) is 6.71. The smallest absolute Gasteiger partial charge is 0.354 e. The second-order valence-corrected chi connectivity index (χ2v) is 4.70. The van der Waals surface area contributed by atoms with Crippen LogP contribution in [0, 0.1) is 0 Å². The summed E-state index contributed by atoms with van der Waals surface area (Å²) in [6.07, 6.45) is -0.789. The van der Waals surface area contributed by atoms with Crippen LogP contribution in [0.5, 0.6) is 0 Å². The molecule has 21 heavy (non-hydrogen) atoms. The predicted octanol–water partition coefficient (Wildman–Crippen LogP) is 2.24. The van der Waals surface area contributed by atoms with Crippen LogP contribution < -0.4 is 0 Å². The maximum absolute atomic E-state index is 11.6. The van der Waals surface area contributed by atoms with Crippen LogP contribution in [0.25, 0.3) is 10.9 Å². The highest BCUT2D eigenvalue weighted by Gasteiger charge is 2.13. The summed E-state index contributed by atoms with van der Waals surface area (Å²) in [4.78, 5) is 25.1. The monoisotopic (exact) mass is 291 g/mol. The van der Waals surface area contributed by atoms with Crippen LogP contribution in [0.3, 0.4) is 0 Å². The first-order chi connectivity index (χ1) is 10.0. The van der Waals surface area contributed by atoms with E-state index in [0.717, 1.165) is 10.9 Å². The highest BCUT2D eigenvalue weighted by Crippen LogP contribution is 2.24. The lowest BCUT2D eigenvalue weighted by Gasteiger charge is -2.09. The molecule has 6 nitrogen and oxygen atoms in total. The first kappa shape index (κ1) is 15.1. The highest BCUT2D eigenvalue weighted by atomic mass is 16.5. The SMILES string of the molecule is CCOC(=O)c1cc2cc(C(O)CCC(=O)O)ccc2[nH]1. The molecule has 0 saturated carbocycles. The fraction of sp³-hybridized carbons (Fsp3) is 0.333. The Kier molecular flexibility index (Phi) is 4.59. The normalized spacial score (nSPS) is 12.3. The van der Waals surface area contributed by atoms with E-state index < -0.39 is 18.0 Å². The second-order valence-electron chi connectivity index (χ2n) is 4.70. The Morgan fingerprint density at radius 1 is 1.33 bits per heavy atom. The van der Waals surface area contributed by atoms with Gasteiger partial charge in [0.25, 0.3) is 0 Å². The van der Waals surface area contributed by atoms with E-state index in [1.54, 1.807) is 31.2 Å². The average Bonchev–Trinajstić information content (AvgIpc) is 2.87. The number of carboxylic acids is 1. The molecule has 0 amide bonds. The quantitative estimate of drug-likeness (QED) is 0.709. The molecule has 0 saturated heterocycles. The van der Waals surface area contributed by atoms with E-state index in [4.69, 9.17) is 9.84 Å². The van der Waals surface area contributed by atoms with Crippen molar-refractivity contribution in [2.75, 3.05) is 6.61 Å². The van der Waals surface area contributed by atoms with E-state index in [9.17, 15) is 14.7 Å². The summed E-state index contributed by atoms with van der Waals surface area (Å²) in [6, 6.07) is 6.85. The van der Waals surface area contributed by atoms with Gasteiger partial charge in [0.2, 0.25) is 0 Å². The van der Waals surface area contributed by atoms with Crippen LogP contribution in [0.15, 0.2) is 24.3 Å². The first-order valence-electron chi connectivity index (χ1n) is 6.71. The van der Waals surface area contributed by atoms with E-state index in [0.29, 0.717) is 17.9 Å². The number of aliphatic hydroxyl groups excluding tert-OH is 1. The fourth-order valence-corrected chi connectivity index (χ4v) is 2.10. The summed E-state index contributed by atoms with van der Waals surface area (Å²) in [5.41, 5.74) is 1.73. The number of nitrogens with one attached hydrogen (secondary N) is 1. The summed E-state index contributed by atoms with van der Waals surface area (Å²) >= 11 is 0. The van der Waals surface area contributed by atoms with E-state index in [2.05, 4.69) is 4.98 Å². The minimum absolute atomic E-state index is 0.0968. The van der Waals surface area contributed by atoms with Crippen LogP contribution in [-0.4, -0.2) is 33.7 Å². The third-order valence-corrected chi connectivity index (χ3v) is 3.16. The van der Waals surface area contributed by atoms with Gasteiger partial charge in [-0.15, -0.1) is 0 Å². The topological polar surface area (TPSA) is 99.6 Å². The zero-order chi connectivity index (χ0) is 15.4. The zero-order valence-corrected chi connectivity index (χ0v) is 11.6. The molecule has 3 N–H and O–H groups in total. The van der Waals surface area contributed by atoms with Gasteiger partial charge in [-0.1, -0.05) is 6.07 Å². The van der Waals surface area contributed by atoms with E-state index in [1.807, 2.05) is 0 Å². The van der Waals surface area contributed by atoms with Crippen molar-refractivity contribution < 1.29 is 24.5 Å². The number of hydrogen-bond acceptors (Lipinski definition) is 4. The Bertz CT molecular complexity index is 661. The number of H-pyrrole nitrogens is 1. The van der Waals surface area contributed by atoms with Crippen LogP contribution in [0.1, 0.15) is 41.9 Å². The zero-order valence-electron chi connectivity index (χ0n) is 11.6. The van der Waals surface area contributed by atoms with E-state index in [1.165, 1.54) is 0 Å². The van der Waals surface area contributed by atoms with Gasteiger partial charge in [0.05, 0.1) is 12.7 Å². The number of aliphatic hydroxyl groups is 1. The summed E-state index contributed by atoms with van der Waals surface area (Å²) in [6.45, 7) is 2.03. The summed E-state index contributed by atoms with van der Waals surface area (Å²) in [5.74, 6) is -1.37. The maximum atomic E-state index is 11.6. The van der Waals surface area contributed by atoms with Crippen molar-refractivity contribution in [1.29, 1.82) is 0 Å². The van der Waals surface area contributed by atoms with Crippen molar-refractivity contribution in [3.8, 4) is 0 Å². The number of esters is 1. The number of carbonyl (C=O) groups is 2. The molecule has 1 atom stereocenters. The van der Waals surface area contributed by atoms with Crippen molar-refractivity contribution in [2.24, 2.45) is 0 Å². The summed E-state index contributed by atoms with van der Waals surface area (Å²) in [5, 5.41) is 19.4. The summed E-state index contributed by atoms with van der Waals surface area (Å²) in [7, 11) is 0. The van der Waals surface area contributed by atoms with E-state index in [-0.39, 0.29) is 12.8 Å². The molecule has 6 heteroatoms. The van der Waals surface area contributed by atoms with Crippen LogP contribution in [-0.2, 0) is 9.53 Å². The van der Waals surface area contributed by atoms with Gasteiger partial charge in [0, 0.05) is 17.3 Å². The third-order valence-electron chi connectivity index (χ3n) is 3.16. The number of aromatic amines is 1. The van der Waals surface area contributed by atoms with Crippen LogP contribution in [0.4, 0.5) is 0 Å². The third kappa shape index (κ3) is 3.61. The van der Waals surface area contributed by atoms with Gasteiger partial charge >= 0.3 is 11.9 Å². The average molecular weight is 291 g/mol. The molecule has 1 unspecified atom stereocenters.